The summed E-state index contributed by atoms with van der Waals surface area (Å²) in [6, 6.07) is 9.76. The number of benzene rings is 2. The summed E-state index contributed by atoms with van der Waals surface area (Å²) in [6.45, 7) is 0.811. The van der Waals surface area contributed by atoms with Crippen molar-refractivity contribution in [1.29, 1.82) is 0 Å². The van der Waals surface area contributed by atoms with E-state index < -0.39 is 23.3 Å². The van der Waals surface area contributed by atoms with Crippen LogP contribution in [-0.4, -0.2) is 42.4 Å². The number of nitrogens with two attached hydrogens (primary N) is 1. The van der Waals surface area contributed by atoms with E-state index in [9.17, 15) is 18.8 Å². The smallest absolute Gasteiger partial charge is 0.322 e. The predicted molar refractivity (Wildman–Crippen MR) is 113 cm³/mol. The zero-order chi connectivity index (χ0) is 22.7. The highest BCUT2D eigenvalue weighted by atomic mass is 19.1. The molecule has 1 fully saturated rings. The summed E-state index contributed by atoms with van der Waals surface area (Å²) >= 11 is 0. The quantitative estimate of drug-likeness (QED) is 0.466. The van der Waals surface area contributed by atoms with Crippen LogP contribution in [0.1, 0.15) is 27.9 Å². The first kappa shape index (κ1) is 21.3. The number of imide groups is 1. The largest absolute Gasteiger partial charge is 0.481 e. The van der Waals surface area contributed by atoms with Crippen molar-refractivity contribution in [2.45, 2.75) is 18.5 Å². The summed E-state index contributed by atoms with van der Waals surface area (Å²) in [5, 5.41) is 4.83. The monoisotopic (exact) mass is 436 g/mol. The summed E-state index contributed by atoms with van der Waals surface area (Å²) in [5.41, 5.74) is 5.48. The minimum absolute atomic E-state index is 0.107. The first-order valence-corrected chi connectivity index (χ1v) is 10.0. The first-order valence-electron chi connectivity index (χ1n) is 10.0. The highest BCUT2D eigenvalue weighted by Crippen LogP contribution is 2.32. The Labute approximate surface area is 183 Å². The summed E-state index contributed by atoms with van der Waals surface area (Å²) in [7, 11) is 0. The lowest BCUT2D eigenvalue weighted by Crippen LogP contribution is -2.52. The molecule has 0 spiro atoms. The van der Waals surface area contributed by atoms with Crippen LogP contribution in [0.4, 0.5) is 9.18 Å². The molecule has 4 N–H and O–H groups in total. The highest BCUT2D eigenvalue weighted by molar-refractivity contribution is 6.08. The number of carbonyl (C=O) groups is 3. The number of carbonyl (C=O) groups excluding carboxylic acids is 3. The van der Waals surface area contributed by atoms with E-state index >= 15 is 0 Å². The van der Waals surface area contributed by atoms with Gasteiger partial charge in [0.2, 0.25) is 0 Å². The number of hydrogen-bond acceptors (Lipinski definition) is 5. The van der Waals surface area contributed by atoms with E-state index in [4.69, 9.17) is 10.5 Å². The Hall–Kier alpha value is -3.90. The third kappa shape index (κ3) is 4.00. The molecule has 1 atom stereocenters. The number of urea groups is 1. The molecule has 2 aromatic carbocycles. The third-order valence-corrected chi connectivity index (χ3v) is 5.37. The second kappa shape index (κ2) is 8.69. The van der Waals surface area contributed by atoms with Crippen LogP contribution < -0.4 is 21.1 Å². The van der Waals surface area contributed by atoms with Gasteiger partial charge in [-0.2, -0.15) is 0 Å². The van der Waals surface area contributed by atoms with Crippen molar-refractivity contribution in [1.82, 2.24) is 15.5 Å². The lowest BCUT2D eigenvalue weighted by Gasteiger charge is -2.31. The fourth-order valence-corrected chi connectivity index (χ4v) is 3.81. The Kier molecular flexibility index (Phi) is 5.79. The fourth-order valence-electron chi connectivity index (χ4n) is 3.81. The van der Waals surface area contributed by atoms with Crippen LogP contribution in [0.15, 0.2) is 42.5 Å². The van der Waals surface area contributed by atoms with Crippen molar-refractivity contribution in [3.8, 4) is 17.6 Å². The van der Waals surface area contributed by atoms with Gasteiger partial charge in [0.25, 0.3) is 11.8 Å². The van der Waals surface area contributed by atoms with Gasteiger partial charge in [-0.1, -0.05) is 30.0 Å². The maximum Gasteiger partial charge on any atom is 0.322 e. The predicted octanol–water partition coefficient (Wildman–Crippen LogP) is 1.25. The van der Waals surface area contributed by atoms with E-state index in [1.165, 1.54) is 29.2 Å². The van der Waals surface area contributed by atoms with Crippen molar-refractivity contribution in [3.63, 3.8) is 0 Å². The van der Waals surface area contributed by atoms with Crippen molar-refractivity contribution in [2.75, 3.05) is 19.7 Å². The van der Waals surface area contributed by atoms with Gasteiger partial charge < -0.3 is 20.7 Å². The summed E-state index contributed by atoms with van der Waals surface area (Å²) in [6.07, 6.45) is 0.584. The molecule has 0 aromatic heterocycles. The number of ether oxygens (including phenoxy) is 1. The topological polar surface area (TPSA) is 114 Å². The Morgan fingerprint density at radius 1 is 1.12 bits per heavy atom. The molecule has 9 heteroatoms. The van der Waals surface area contributed by atoms with E-state index in [0.717, 1.165) is 5.56 Å². The molecule has 4 rings (SSSR count). The SMILES string of the molecule is NCCC#CCOc1ccc2c(c1)C(=O)N(C[C@@]1(c3ccc(F)cc3)NC(=O)NC1=O)C2. The van der Waals surface area contributed by atoms with Gasteiger partial charge in [0.05, 0.1) is 6.54 Å². The maximum absolute atomic E-state index is 13.4. The Bertz CT molecular complexity index is 1140. The standard InChI is InChI=1S/C23H21FN4O4/c24-17-7-5-16(6-8-17)23(21(30)26-22(31)27-23)14-28-13-15-4-9-18(12-19(15)20(28)29)32-11-3-1-2-10-25/h4-9,12H,2,10-11,13-14,25H2,(H2,26,27,30,31)/t23-/m0/s1. The minimum Gasteiger partial charge on any atom is -0.481 e. The van der Waals surface area contributed by atoms with Crippen LogP contribution in [0, 0.1) is 17.7 Å². The molecule has 2 heterocycles. The van der Waals surface area contributed by atoms with Crippen LogP contribution in [0.25, 0.3) is 0 Å². The van der Waals surface area contributed by atoms with Crippen LogP contribution in [0.3, 0.4) is 0 Å². The van der Waals surface area contributed by atoms with E-state index in [0.29, 0.717) is 29.8 Å². The van der Waals surface area contributed by atoms with Gasteiger partial charge in [-0.15, -0.1) is 0 Å². The summed E-state index contributed by atoms with van der Waals surface area (Å²) < 4.78 is 19.0. The molecule has 1 saturated heterocycles. The van der Waals surface area contributed by atoms with Gasteiger partial charge in [0, 0.05) is 25.1 Å². The van der Waals surface area contributed by atoms with Gasteiger partial charge in [0.15, 0.2) is 5.54 Å². The molecule has 164 valence electrons. The molecule has 4 amide bonds. The van der Waals surface area contributed by atoms with E-state index in [-0.39, 0.29) is 25.6 Å². The van der Waals surface area contributed by atoms with Crippen LogP contribution in [0.5, 0.6) is 5.75 Å². The molecule has 2 aromatic rings. The lowest BCUT2D eigenvalue weighted by atomic mass is 9.89. The van der Waals surface area contributed by atoms with Gasteiger partial charge in [-0.3, -0.25) is 14.9 Å². The average Bonchev–Trinajstić information content (AvgIpc) is 3.24. The number of rotatable bonds is 6. The Morgan fingerprint density at radius 3 is 2.59 bits per heavy atom. The van der Waals surface area contributed by atoms with Crippen LogP contribution in [0.2, 0.25) is 0 Å². The van der Waals surface area contributed by atoms with Crippen molar-refractivity contribution in [2.24, 2.45) is 5.73 Å². The number of nitrogens with zero attached hydrogens (tertiary/aromatic N) is 1. The van der Waals surface area contributed by atoms with Crippen molar-refractivity contribution >= 4 is 17.8 Å². The zero-order valence-electron chi connectivity index (χ0n) is 17.1. The van der Waals surface area contributed by atoms with E-state index in [1.807, 2.05) is 0 Å². The van der Waals surface area contributed by atoms with Crippen molar-refractivity contribution in [3.05, 3.63) is 65.0 Å². The molecular weight excluding hydrogens is 415 g/mol. The van der Waals surface area contributed by atoms with Crippen LogP contribution in [-0.2, 0) is 16.9 Å². The summed E-state index contributed by atoms with van der Waals surface area (Å²) in [5.74, 6) is 4.85. The molecular formula is C23H21FN4O4. The minimum atomic E-state index is -1.51. The molecule has 0 radical (unpaired) electrons. The molecule has 2 aliphatic heterocycles. The molecule has 0 aliphatic carbocycles. The molecule has 0 saturated carbocycles. The van der Waals surface area contributed by atoms with Gasteiger partial charge in [0.1, 0.15) is 18.2 Å². The van der Waals surface area contributed by atoms with Gasteiger partial charge in [-0.25, -0.2) is 9.18 Å². The number of halogens is 1. The summed E-state index contributed by atoms with van der Waals surface area (Å²) in [4.78, 5) is 39.2. The third-order valence-electron chi connectivity index (χ3n) is 5.37. The highest BCUT2D eigenvalue weighted by Gasteiger charge is 2.50. The molecule has 8 nitrogen and oxygen atoms in total. The van der Waals surface area contributed by atoms with E-state index in [1.54, 1.807) is 18.2 Å². The van der Waals surface area contributed by atoms with Gasteiger partial charge >= 0.3 is 6.03 Å². The van der Waals surface area contributed by atoms with Gasteiger partial charge in [-0.05, 0) is 35.4 Å². The van der Waals surface area contributed by atoms with Crippen molar-refractivity contribution < 1.29 is 23.5 Å². The molecule has 0 bridgehead atoms. The second-order valence-electron chi connectivity index (χ2n) is 7.48. The number of nitrogens with one attached hydrogen (secondary N) is 2. The molecule has 0 unspecified atom stereocenters. The molecule has 2 aliphatic rings. The first-order chi connectivity index (χ1) is 15.4. The fraction of sp³-hybridized carbons (Fsp3) is 0.261. The maximum atomic E-state index is 13.4. The average molecular weight is 436 g/mol. The number of hydrogen-bond donors (Lipinski definition) is 3. The van der Waals surface area contributed by atoms with Crippen LogP contribution >= 0.6 is 0 Å². The lowest BCUT2D eigenvalue weighted by molar-refractivity contribution is -0.124. The number of fused-ring (bicyclic) bond motifs is 1. The zero-order valence-corrected chi connectivity index (χ0v) is 17.1. The normalized spacial score (nSPS) is 19.2. The second-order valence-corrected chi connectivity index (χ2v) is 7.48. The molecule has 32 heavy (non-hydrogen) atoms. The van der Waals surface area contributed by atoms with E-state index in [2.05, 4.69) is 22.5 Å². The Morgan fingerprint density at radius 2 is 1.91 bits per heavy atom. The Balaban J connectivity index is 1.55. The number of amides is 4.